The molecular weight excluding hydrogens is 267 g/mol. The molecule has 0 aliphatic rings. The molecule has 0 saturated carbocycles. The van der Waals surface area contributed by atoms with E-state index in [1.54, 1.807) is 11.6 Å². The molecule has 0 aliphatic heterocycles. The van der Waals surface area contributed by atoms with Gasteiger partial charge in [-0.3, -0.25) is 0 Å². The minimum Gasteiger partial charge on any atom is -0.375 e. The van der Waals surface area contributed by atoms with Crippen LogP contribution in [-0.2, 0) is 13.6 Å². The molecule has 0 spiro atoms. The predicted octanol–water partition coefficient (Wildman–Crippen LogP) is 3.10. The van der Waals surface area contributed by atoms with Gasteiger partial charge in [-0.05, 0) is 0 Å². The van der Waals surface area contributed by atoms with E-state index >= 15 is 0 Å². The maximum atomic E-state index is 13.3. The Morgan fingerprint density at radius 2 is 2.06 bits per heavy atom. The summed E-state index contributed by atoms with van der Waals surface area (Å²) in [5, 5.41) is 2.98. The van der Waals surface area contributed by atoms with Crippen LogP contribution in [0, 0.1) is 17.5 Å². The highest BCUT2D eigenvalue weighted by Crippen LogP contribution is 2.20. The summed E-state index contributed by atoms with van der Waals surface area (Å²) < 4.78 is 40.8. The average Bonchev–Trinajstić information content (AvgIpc) is 2.63. The van der Waals surface area contributed by atoms with Gasteiger partial charge in [0.25, 0.3) is 0 Å². The molecule has 7 heteroatoms. The second kappa shape index (κ2) is 4.89. The van der Waals surface area contributed by atoms with E-state index in [1.165, 1.54) is 6.20 Å². The van der Waals surface area contributed by atoms with Crippen LogP contribution in [0.2, 0.25) is 5.15 Å². The van der Waals surface area contributed by atoms with E-state index in [1.807, 2.05) is 0 Å². The molecular formula is C11H9ClF3N3. The van der Waals surface area contributed by atoms with Gasteiger partial charge in [-0.25, -0.2) is 18.2 Å². The number of aromatic nitrogens is 2. The van der Waals surface area contributed by atoms with Crippen molar-refractivity contribution in [2.24, 2.45) is 7.05 Å². The van der Waals surface area contributed by atoms with Crippen molar-refractivity contribution >= 4 is 17.3 Å². The molecule has 1 aromatic heterocycles. The standard InChI is InChI=1S/C11H9ClF3N3/c1-18-9(12)4-17-10(18)5-16-8-3-6(13)2-7(14)11(8)15/h2-4,16H,5H2,1H3. The number of hydrogen-bond acceptors (Lipinski definition) is 2. The number of rotatable bonds is 3. The number of nitrogens with zero attached hydrogens (tertiary/aromatic N) is 2. The molecule has 3 nitrogen and oxygen atoms in total. The van der Waals surface area contributed by atoms with Crippen LogP contribution in [-0.4, -0.2) is 9.55 Å². The monoisotopic (exact) mass is 275 g/mol. The molecule has 2 aromatic rings. The van der Waals surface area contributed by atoms with Crippen LogP contribution in [0.4, 0.5) is 18.9 Å². The van der Waals surface area contributed by atoms with Crippen LogP contribution in [0.1, 0.15) is 5.82 Å². The van der Waals surface area contributed by atoms with E-state index < -0.39 is 17.5 Å². The Morgan fingerprint density at radius 3 is 2.67 bits per heavy atom. The molecule has 18 heavy (non-hydrogen) atoms. The van der Waals surface area contributed by atoms with E-state index in [4.69, 9.17) is 11.6 Å². The van der Waals surface area contributed by atoms with E-state index in [-0.39, 0.29) is 12.2 Å². The first-order valence-electron chi connectivity index (χ1n) is 5.03. The fourth-order valence-corrected chi connectivity index (χ4v) is 1.59. The maximum absolute atomic E-state index is 13.3. The predicted molar refractivity (Wildman–Crippen MR) is 61.9 cm³/mol. The Labute approximate surface area is 106 Å². The molecule has 0 saturated heterocycles. The topological polar surface area (TPSA) is 29.9 Å². The lowest BCUT2D eigenvalue weighted by atomic mass is 10.3. The molecule has 1 heterocycles. The Bertz CT molecular complexity index is 583. The number of anilines is 1. The van der Waals surface area contributed by atoms with Gasteiger partial charge >= 0.3 is 0 Å². The van der Waals surface area contributed by atoms with Gasteiger partial charge in [0.05, 0.1) is 18.4 Å². The number of imidazole rings is 1. The second-order valence-electron chi connectivity index (χ2n) is 3.66. The third-order valence-corrected chi connectivity index (χ3v) is 2.81. The second-order valence-corrected chi connectivity index (χ2v) is 4.05. The molecule has 1 aromatic carbocycles. The normalized spacial score (nSPS) is 10.7. The molecule has 0 amide bonds. The molecule has 0 bridgehead atoms. The molecule has 0 atom stereocenters. The van der Waals surface area contributed by atoms with Gasteiger partial charge in [0.2, 0.25) is 0 Å². The molecule has 0 fully saturated rings. The Balaban J connectivity index is 2.18. The van der Waals surface area contributed by atoms with Gasteiger partial charge in [-0.1, -0.05) is 11.6 Å². The fraction of sp³-hybridized carbons (Fsp3) is 0.182. The SMILES string of the molecule is Cn1c(Cl)cnc1CNc1cc(F)cc(F)c1F. The molecule has 0 unspecified atom stereocenters. The highest BCUT2D eigenvalue weighted by molar-refractivity contribution is 6.29. The van der Waals surface area contributed by atoms with Gasteiger partial charge in [-0.15, -0.1) is 0 Å². The largest absolute Gasteiger partial charge is 0.375 e. The highest BCUT2D eigenvalue weighted by atomic mass is 35.5. The molecule has 1 N–H and O–H groups in total. The molecule has 2 rings (SSSR count). The van der Waals surface area contributed by atoms with Crippen LogP contribution < -0.4 is 5.32 Å². The van der Waals surface area contributed by atoms with Gasteiger partial charge in [-0.2, -0.15) is 0 Å². The Morgan fingerprint density at radius 1 is 1.33 bits per heavy atom. The quantitative estimate of drug-likeness (QED) is 0.873. The van der Waals surface area contributed by atoms with Crippen LogP contribution in [0.15, 0.2) is 18.3 Å². The first kappa shape index (κ1) is 12.8. The van der Waals surface area contributed by atoms with Crippen molar-refractivity contribution in [2.75, 3.05) is 5.32 Å². The van der Waals surface area contributed by atoms with Gasteiger partial charge in [0.1, 0.15) is 16.8 Å². The van der Waals surface area contributed by atoms with Crippen molar-refractivity contribution in [3.05, 3.63) is 46.8 Å². The number of nitrogens with one attached hydrogen (secondary N) is 1. The van der Waals surface area contributed by atoms with Crippen molar-refractivity contribution in [3.8, 4) is 0 Å². The minimum absolute atomic E-state index is 0.100. The van der Waals surface area contributed by atoms with Gasteiger partial charge in [0, 0.05) is 19.2 Å². The molecule has 96 valence electrons. The van der Waals surface area contributed by atoms with E-state index in [0.29, 0.717) is 17.0 Å². The average molecular weight is 276 g/mol. The summed E-state index contributed by atoms with van der Waals surface area (Å²) >= 11 is 5.77. The third-order valence-electron chi connectivity index (χ3n) is 2.46. The smallest absolute Gasteiger partial charge is 0.182 e. The molecule has 0 aliphatic carbocycles. The maximum Gasteiger partial charge on any atom is 0.182 e. The third kappa shape index (κ3) is 2.43. The Hall–Kier alpha value is -1.69. The summed E-state index contributed by atoms with van der Waals surface area (Å²) in [4.78, 5) is 3.96. The first-order chi connectivity index (χ1) is 8.49. The lowest BCUT2D eigenvalue weighted by Gasteiger charge is -2.08. The summed E-state index contributed by atoms with van der Waals surface area (Å²) in [7, 11) is 1.68. The van der Waals surface area contributed by atoms with Crippen LogP contribution in [0.25, 0.3) is 0 Å². The summed E-state index contributed by atoms with van der Waals surface area (Å²) in [5.74, 6) is -2.70. The summed E-state index contributed by atoms with van der Waals surface area (Å²) in [6.45, 7) is 0.100. The Kier molecular flexibility index (Phi) is 3.47. The fourth-order valence-electron chi connectivity index (χ4n) is 1.45. The van der Waals surface area contributed by atoms with Crippen LogP contribution in [0.3, 0.4) is 0 Å². The summed E-state index contributed by atoms with van der Waals surface area (Å²) in [5.41, 5.74) is -0.258. The summed E-state index contributed by atoms with van der Waals surface area (Å²) in [6, 6.07) is 1.36. The van der Waals surface area contributed by atoms with E-state index in [2.05, 4.69) is 10.3 Å². The van der Waals surface area contributed by atoms with Crippen molar-refractivity contribution < 1.29 is 13.2 Å². The van der Waals surface area contributed by atoms with Gasteiger partial charge < -0.3 is 9.88 Å². The number of halogens is 4. The van der Waals surface area contributed by atoms with Crippen molar-refractivity contribution in [2.45, 2.75) is 6.54 Å². The molecule has 0 radical (unpaired) electrons. The van der Waals surface area contributed by atoms with Crippen molar-refractivity contribution in [3.63, 3.8) is 0 Å². The van der Waals surface area contributed by atoms with Crippen LogP contribution in [0.5, 0.6) is 0 Å². The summed E-state index contributed by atoms with van der Waals surface area (Å²) in [6.07, 6.45) is 1.43. The van der Waals surface area contributed by atoms with Crippen LogP contribution >= 0.6 is 11.6 Å². The zero-order valence-corrected chi connectivity index (χ0v) is 10.1. The number of hydrogen-bond donors (Lipinski definition) is 1. The van der Waals surface area contributed by atoms with E-state index in [9.17, 15) is 13.2 Å². The number of benzene rings is 1. The highest BCUT2D eigenvalue weighted by Gasteiger charge is 2.12. The van der Waals surface area contributed by atoms with Gasteiger partial charge in [0.15, 0.2) is 11.6 Å². The first-order valence-corrected chi connectivity index (χ1v) is 5.41. The van der Waals surface area contributed by atoms with Crippen molar-refractivity contribution in [1.29, 1.82) is 0 Å². The minimum atomic E-state index is -1.24. The van der Waals surface area contributed by atoms with E-state index in [0.717, 1.165) is 6.07 Å². The zero-order valence-electron chi connectivity index (χ0n) is 9.35. The lowest BCUT2D eigenvalue weighted by Crippen LogP contribution is -2.08. The zero-order chi connectivity index (χ0) is 13.3. The lowest BCUT2D eigenvalue weighted by molar-refractivity contribution is 0.497. The van der Waals surface area contributed by atoms with Crippen molar-refractivity contribution in [1.82, 2.24) is 9.55 Å².